The highest BCUT2D eigenvalue weighted by molar-refractivity contribution is 7.89. The van der Waals surface area contributed by atoms with Crippen LogP contribution in [0.4, 0.5) is 0 Å². The van der Waals surface area contributed by atoms with E-state index in [1.807, 2.05) is 25.1 Å². The third-order valence-electron chi connectivity index (χ3n) is 3.37. The molecule has 1 unspecified atom stereocenters. The summed E-state index contributed by atoms with van der Waals surface area (Å²) in [6.45, 7) is 1.84. The van der Waals surface area contributed by atoms with Gasteiger partial charge in [0.05, 0.1) is 16.6 Å². The van der Waals surface area contributed by atoms with Gasteiger partial charge < -0.3 is 5.32 Å². The molecule has 0 bridgehead atoms. The van der Waals surface area contributed by atoms with Crippen LogP contribution in [0.25, 0.3) is 0 Å². The van der Waals surface area contributed by atoms with E-state index in [4.69, 9.17) is 0 Å². The number of carbonyl (C=O) groups excluding carboxylic acids is 1. The summed E-state index contributed by atoms with van der Waals surface area (Å²) in [6, 6.07) is 11.1. The standard InChI is InChI=1S/C16H19N3O3S/c1-12(15-6-4-5-11-17-15)18-16(20)13-7-9-14(10-8-13)23(21,22)19(2)3/h4-12H,1-3H3,(H,18,20). The lowest BCUT2D eigenvalue weighted by atomic mass is 10.1. The van der Waals surface area contributed by atoms with Gasteiger partial charge in [-0.05, 0) is 43.3 Å². The van der Waals surface area contributed by atoms with Gasteiger partial charge in [-0.2, -0.15) is 0 Å². The van der Waals surface area contributed by atoms with Gasteiger partial charge in [0, 0.05) is 25.9 Å². The first-order chi connectivity index (χ1) is 10.8. The molecule has 0 radical (unpaired) electrons. The highest BCUT2D eigenvalue weighted by atomic mass is 32.2. The summed E-state index contributed by atoms with van der Waals surface area (Å²) in [7, 11) is -0.568. The fourth-order valence-corrected chi connectivity index (χ4v) is 2.88. The molecule has 1 amide bonds. The summed E-state index contributed by atoms with van der Waals surface area (Å²) in [5.74, 6) is -0.281. The van der Waals surface area contributed by atoms with E-state index >= 15 is 0 Å². The Balaban J connectivity index is 2.12. The van der Waals surface area contributed by atoms with Gasteiger partial charge in [0.15, 0.2) is 0 Å². The van der Waals surface area contributed by atoms with Crippen LogP contribution in [0.2, 0.25) is 0 Å². The summed E-state index contributed by atoms with van der Waals surface area (Å²) in [4.78, 5) is 16.6. The zero-order valence-corrected chi connectivity index (χ0v) is 14.0. The second-order valence-corrected chi connectivity index (χ2v) is 7.41. The molecular formula is C16H19N3O3S. The lowest BCUT2D eigenvalue weighted by Gasteiger charge is -2.14. The van der Waals surface area contributed by atoms with E-state index in [0.717, 1.165) is 10.00 Å². The summed E-state index contributed by atoms with van der Waals surface area (Å²) < 4.78 is 25.1. The Hall–Kier alpha value is -2.25. The third kappa shape index (κ3) is 3.94. The smallest absolute Gasteiger partial charge is 0.251 e. The van der Waals surface area contributed by atoms with Crippen LogP contribution in [-0.2, 0) is 10.0 Å². The van der Waals surface area contributed by atoms with Gasteiger partial charge in [-0.1, -0.05) is 6.07 Å². The second kappa shape index (κ2) is 6.89. The van der Waals surface area contributed by atoms with E-state index in [9.17, 15) is 13.2 Å². The van der Waals surface area contributed by atoms with E-state index in [1.54, 1.807) is 6.20 Å². The molecular weight excluding hydrogens is 314 g/mol. The molecule has 1 aromatic heterocycles. The number of nitrogens with one attached hydrogen (secondary N) is 1. The van der Waals surface area contributed by atoms with Crippen LogP contribution in [0.5, 0.6) is 0 Å². The molecule has 1 heterocycles. The van der Waals surface area contributed by atoms with Crippen molar-refractivity contribution >= 4 is 15.9 Å². The third-order valence-corrected chi connectivity index (χ3v) is 5.20. The largest absolute Gasteiger partial charge is 0.344 e. The van der Waals surface area contributed by atoms with E-state index < -0.39 is 10.0 Å². The predicted octanol–water partition coefficient (Wildman–Crippen LogP) is 1.82. The SMILES string of the molecule is CC(NC(=O)c1ccc(S(=O)(=O)N(C)C)cc1)c1ccccn1. The lowest BCUT2D eigenvalue weighted by Crippen LogP contribution is -2.27. The Morgan fingerprint density at radius 3 is 2.30 bits per heavy atom. The highest BCUT2D eigenvalue weighted by Crippen LogP contribution is 2.15. The van der Waals surface area contributed by atoms with E-state index in [0.29, 0.717) is 5.56 Å². The molecule has 7 heteroatoms. The number of rotatable bonds is 5. The van der Waals surface area contributed by atoms with Gasteiger partial charge in [-0.15, -0.1) is 0 Å². The quantitative estimate of drug-likeness (QED) is 0.905. The minimum absolute atomic E-state index is 0.150. The molecule has 2 rings (SSSR count). The molecule has 0 aliphatic rings. The molecule has 1 N–H and O–H groups in total. The number of amides is 1. The first-order valence-electron chi connectivity index (χ1n) is 7.07. The Labute approximate surface area is 136 Å². The number of sulfonamides is 1. The Morgan fingerprint density at radius 2 is 1.78 bits per heavy atom. The number of hydrogen-bond acceptors (Lipinski definition) is 4. The van der Waals surface area contributed by atoms with Gasteiger partial charge in [0.2, 0.25) is 10.0 Å². The average Bonchev–Trinajstić information content (AvgIpc) is 2.55. The Kier molecular flexibility index (Phi) is 5.12. The summed E-state index contributed by atoms with van der Waals surface area (Å²) in [6.07, 6.45) is 1.67. The molecule has 0 aliphatic heterocycles. The summed E-state index contributed by atoms with van der Waals surface area (Å²) in [5, 5.41) is 2.83. The molecule has 0 saturated heterocycles. The topological polar surface area (TPSA) is 79.4 Å². The molecule has 0 spiro atoms. The molecule has 1 atom stereocenters. The van der Waals surface area contributed by atoms with Crippen molar-refractivity contribution in [3.63, 3.8) is 0 Å². The van der Waals surface area contributed by atoms with Gasteiger partial charge >= 0.3 is 0 Å². The number of pyridine rings is 1. The van der Waals surface area contributed by atoms with Crippen molar-refractivity contribution in [3.8, 4) is 0 Å². The first kappa shape index (κ1) is 17.1. The van der Waals surface area contributed by atoms with E-state index in [2.05, 4.69) is 10.3 Å². The minimum atomic E-state index is -3.49. The van der Waals surface area contributed by atoms with Crippen LogP contribution in [0, 0.1) is 0 Å². The Bertz CT molecular complexity index is 772. The van der Waals surface area contributed by atoms with Crippen LogP contribution in [0.3, 0.4) is 0 Å². The molecule has 23 heavy (non-hydrogen) atoms. The first-order valence-corrected chi connectivity index (χ1v) is 8.51. The van der Waals surface area contributed by atoms with Gasteiger partial charge in [0.1, 0.15) is 0 Å². The van der Waals surface area contributed by atoms with Crippen molar-refractivity contribution in [1.29, 1.82) is 0 Å². The monoisotopic (exact) mass is 333 g/mol. The zero-order chi connectivity index (χ0) is 17.0. The molecule has 2 aromatic rings. The van der Waals surface area contributed by atoms with Crippen LogP contribution >= 0.6 is 0 Å². The van der Waals surface area contributed by atoms with Crippen LogP contribution in [-0.4, -0.2) is 37.7 Å². The second-order valence-electron chi connectivity index (χ2n) is 5.26. The van der Waals surface area contributed by atoms with Gasteiger partial charge in [-0.3, -0.25) is 9.78 Å². The Morgan fingerprint density at radius 1 is 1.13 bits per heavy atom. The predicted molar refractivity (Wildman–Crippen MR) is 87.4 cm³/mol. The normalized spacial score (nSPS) is 12.9. The van der Waals surface area contributed by atoms with Crippen LogP contribution in [0.1, 0.15) is 29.0 Å². The van der Waals surface area contributed by atoms with Crippen molar-refractivity contribution < 1.29 is 13.2 Å². The molecule has 1 aromatic carbocycles. The molecule has 6 nitrogen and oxygen atoms in total. The number of carbonyl (C=O) groups is 1. The molecule has 122 valence electrons. The average molecular weight is 333 g/mol. The van der Waals surface area contributed by atoms with Crippen LogP contribution in [0.15, 0.2) is 53.6 Å². The van der Waals surface area contributed by atoms with Crippen molar-refractivity contribution in [2.75, 3.05) is 14.1 Å². The van der Waals surface area contributed by atoms with Crippen LogP contribution < -0.4 is 5.32 Å². The maximum Gasteiger partial charge on any atom is 0.251 e. The lowest BCUT2D eigenvalue weighted by molar-refractivity contribution is 0.0939. The fraction of sp³-hybridized carbons (Fsp3) is 0.250. The number of hydrogen-bond donors (Lipinski definition) is 1. The van der Waals surface area contributed by atoms with Gasteiger partial charge in [-0.25, -0.2) is 12.7 Å². The maximum absolute atomic E-state index is 12.2. The number of nitrogens with zero attached hydrogens (tertiary/aromatic N) is 2. The van der Waals surface area contributed by atoms with Crippen molar-refractivity contribution in [1.82, 2.24) is 14.6 Å². The maximum atomic E-state index is 12.2. The number of benzene rings is 1. The fourth-order valence-electron chi connectivity index (χ4n) is 1.98. The molecule has 0 fully saturated rings. The summed E-state index contributed by atoms with van der Waals surface area (Å²) in [5.41, 5.74) is 1.15. The summed E-state index contributed by atoms with van der Waals surface area (Å²) >= 11 is 0. The van der Waals surface area contributed by atoms with Crippen molar-refractivity contribution in [2.45, 2.75) is 17.9 Å². The van der Waals surface area contributed by atoms with Gasteiger partial charge in [0.25, 0.3) is 5.91 Å². The minimum Gasteiger partial charge on any atom is -0.344 e. The number of aromatic nitrogens is 1. The highest BCUT2D eigenvalue weighted by Gasteiger charge is 2.18. The van der Waals surface area contributed by atoms with Crippen molar-refractivity contribution in [2.24, 2.45) is 0 Å². The van der Waals surface area contributed by atoms with E-state index in [-0.39, 0.29) is 16.8 Å². The zero-order valence-electron chi connectivity index (χ0n) is 13.2. The molecule has 0 saturated carbocycles. The van der Waals surface area contributed by atoms with Crippen molar-refractivity contribution in [3.05, 3.63) is 59.9 Å². The molecule has 0 aliphatic carbocycles. The van der Waals surface area contributed by atoms with E-state index in [1.165, 1.54) is 38.4 Å².